The Hall–Kier alpha value is -4.00. The monoisotopic (exact) mass is 482 g/mol. The highest BCUT2D eigenvalue weighted by Gasteiger charge is 2.28. The lowest BCUT2D eigenvalue weighted by atomic mass is 9.82. The molecule has 0 saturated heterocycles. The van der Waals surface area contributed by atoms with Gasteiger partial charge in [-0.05, 0) is 65.8 Å². The molecule has 3 aromatic carbocycles. The summed E-state index contributed by atoms with van der Waals surface area (Å²) in [4.78, 5) is 27.0. The number of carboxylic acids is 1. The van der Waals surface area contributed by atoms with Gasteiger partial charge >= 0.3 is 5.97 Å². The zero-order valence-corrected chi connectivity index (χ0v) is 20.8. The maximum Gasteiger partial charge on any atom is 0.304 e. The van der Waals surface area contributed by atoms with Crippen molar-refractivity contribution < 1.29 is 14.7 Å². The molecular formula is C29H30N4O3. The summed E-state index contributed by atoms with van der Waals surface area (Å²) in [5, 5.41) is 18.4. The van der Waals surface area contributed by atoms with Gasteiger partial charge in [0.25, 0.3) is 5.91 Å². The van der Waals surface area contributed by atoms with Gasteiger partial charge in [0.1, 0.15) is 5.52 Å². The molecule has 4 aromatic rings. The first-order chi connectivity index (χ1) is 17.4. The Balaban J connectivity index is 1.53. The zero-order chi connectivity index (χ0) is 25.4. The molecule has 1 aliphatic rings. The Morgan fingerprint density at radius 1 is 1.11 bits per heavy atom. The molecule has 184 valence electrons. The van der Waals surface area contributed by atoms with Crippen molar-refractivity contribution in [1.29, 1.82) is 0 Å². The van der Waals surface area contributed by atoms with Gasteiger partial charge in [0.15, 0.2) is 0 Å². The quantitative estimate of drug-likeness (QED) is 0.412. The zero-order valence-electron chi connectivity index (χ0n) is 20.8. The summed E-state index contributed by atoms with van der Waals surface area (Å²) in [5.74, 6) is -0.986. The number of hydrogen-bond acceptors (Lipinski definition) is 4. The van der Waals surface area contributed by atoms with Crippen molar-refractivity contribution in [2.45, 2.75) is 52.1 Å². The summed E-state index contributed by atoms with van der Waals surface area (Å²) >= 11 is 0. The van der Waals surface area contributed by atoms with Gasteiger partial charge < -0.3 is 10.0 Å². The highest BCUT2D eigenvalue weighted by molar-refractivity contribution is 5.94. The molecule has 0 radical (unpaired) electrons. The van der Waals surface area contributed by atoms with Crippen molar-refractivity contribution in [2.24, 2.45) is 0 Å². The Kier molecular flexibility index (Phi) is 6.31. The van der Waals surface area contributed by atoms with Crippen LogP contribution in [0.4, 0.5) is 0 Å². The maximum atomic E-state index is 13.2. The third kappa shape index (κ3) is 4.26. The minimum absolute atomic E-state index is 0.0147. The van der Waals surface area contributed by atoms with Crippen LogP contribution in [0.2, 0.25) is 0 Å². The molecule has 2 heterocycles. The number of aryl methyl sites for hydroxylation is 2. The largest absolute Gasteiger partial charge is 0.481 e. The fraction of sp³-hybridized carbons (Fsp3) is 0.310. The van der Waals surface area contributed by atoms with Crippen LogP contribution in [0.3, 0.4) is 0 Å². The Morgan fingerprint density at radius 2 is 1.89 bits per heavy atom. The number of aromatic nitrogens is 3. The normalized spacial score (nSPS) is 16.1. The SMILES string of the molecule is CCn1nnc2c(C)c([C@@H](CC(=O)O)c3ccc4c(c3)CN(C(=O)c3ccccc3)C[C@@H]4C)ccc21. The Labute approximate surface area is 210 Å². The molecule has 0 saturated carbocycles. The summed E-state index contributed by atoms with van der Waals surface area (Å²) < 4.78 is 1.84. The second kappa shape index (κ2) is 9.57. The van der Waals surface area contributed by atoms with Gasteiger partial charge in [-0.15, -0.1) is 5.10 Å². The first-order valence-electron chi connectivity index (χ1n) is 12.4. The molecule has 7 heteroatoms. The van der Waals surface area contributed by atoms with Crippen molar-refractivity contribution in [3.05, 3.63) is 94.0 Å². The van der Waals surface area contributed by atoms with E-state index in [1.165, 1.54) is 5.56 Å². The third-order valence-corrected chi connectivity index (χ3v) is 7.30. The molecule has 0 spiro atoms. The van der Waals surface area contributed by atoms with Crippen molar-refractivity contribution in [2.75, 3.05) is 6.54 Å². The number of nitrogens with zero attached hydrogens (tertiary/aromatic N) is 4. The molecule has 36 heavy (non-hydrogen) atoms. The van der Waals surface area contributed by atoms with Crippen molar-refractivity contribution in [3.63, 3.8) is 0 Å². The second-order valence-electron chi connectivity index (χ2n) is 9.61. The van der Waals surface area contributed by atoms with Crippen molar-refractivity contribution in [3.8, 4) is 0 Å². The van der Waals surface area contributed by atoms with E-state index in [2.05, 4.69) is 29.4 Å². The van der Waals surface area contributed by atoms with Crippen molar-refractivity contribution in [1.82, 2.24) is 19.9 Å². The average Bonchev–Trinajstić information content (AvgIpc) is 3.31. The predicted molar refractivity (Wildman–Crippen MR) is 138 cm³/mol. The summed E-state index contributed by atoms with van der Waals surface area (Å²) in [6.45, 7) is 8.01. The van der Waals surface area contributed by atoms with Crippen LogP contribution in [-0.4, -0.2) is 43.4 Å². The van der Waals surface area contributed by atoms with Gasteiger partial charge in [-0.1, -0.05) is 54.6 Å². The van der Waals surface area contributed by atoms with E-state index >= 15 is 0 Å². The maximum absolute atomic E-state index is 13.2. The van der Waals surface area contributed by atoms with Crippen LogP contribution < -0.4 is 0 Å². The number of hydrogen-bond donors (Lipinski definition) is 1. The number of carbonyl (C=O) groups is 2. The van der Waals surface area contributed by atoms with Gasteiger partial charge in [0.2, 0.25) is 0 Å². The number of rotatable bonds is 6. The standard InChI is InChI=1S/C29H30N4O3/c1-4-33-26-13-12-24(19(3)28(26)30-31-33)25(15-27(34)35)21-10-11-23-18(2)16-32(17-22(23)14-21)29(36)20-8-6-5-7-9-20/h5-14,18,25H,4,15-17H2,1-3H3,(H,34,35)/t18-,25-/m0/s1. The van der Waals surface area contributed by atoms with Gasteiger partial charge in [-0.3, -0.25) is 9.59 Å². The number of carbonyl (C=O) groups excluding carboxylic acids is 1. The molecule has 1 aliphatic heterocycles. The lowest BCUT2D eigenvalue weighted by Gasteiger charge is -2.34. The smallest absolute Gasteiger partial charge is 0.304 e. The summed E-state index contributed by atoms with van der Waals surface area (Å²) in [6, 6.07) is 19.6. The van der Waals surface area contributed by atoms with Crippen LogP contribution in [0.15, 0.2) is 60.7 Å². The number of benzene rings is 3. The van der Waals surface area contributed by atoms with Crippen LogP contribution in [0.1, 0.15) is 70.3 Å². The Morgan fingerprint density at radius 3 is 2.61 bits per heavy atom. The van der Waals surface area contributed by atoms with Gasteiger partial charge in [-0.25, -0.2) is 4.68 Å². The van der Waals surface area contributed by atoms with Crippen LogP contribution in [0, 0.1) is 6.92 Å². The van der Waals surface area contributed by atoms with Crippen LogP contribution in [0.5, 0.6) is 0 Å². The predicted octanol–water partition coefficient (Wildman–Crippen LogP) is 5.13. The van der Waals surface area contributed by atoms with Crippen LogP contribution in [0.25, 0.3) is 11.0 Å². The fourth-order valence-corrected chi connectivity index (χ4v) is 5.45. The first-order valence-corrected chi connectivity index (χ1v) is 12.4. The van der Waals surface area contributed by atoms with Gasteiger partial charge in [-0.2, -0.15) is 0 Å². The summed E-state index contributed by atoms with van der Waals surface area (Å²) in [7, 11) is 0. The van der Waals surface area contributed by atoms with E-state index in [0.717, 1.165) is 39.8 Å². The molecule has 1 N–H and O–H groups in total. The first kappa shape index (κ1) is 23.7. The second-order valence-corrected chi connectivity index (χ2v) is 9.61. The van der Waals surface area contributed by atoms with Crippen molar-refractivity contribution >= 4 is 22.9 Å². The van der Waals surface area contributed by atoms with E-state index in [4.69, 9.17) is 0 Å². The molecule has 0 unspecified atom stereocenters. The minimum atomic E-state index is -0.858. The molecule has 1 amide bonds. The molecule has 0 fully saturated rings. The van der Waals surface area contributed by atoms with Gasteiger partial charge in [0.05, 0.1) is 11.9 Å². The molecule has 1 aromatic heterocycles. The number of aliphatic carboxylic acids is 1. The molecule has 2 atom stereocenters. The highest BCUT2D eigenvalue weighted by Crippen LogP contribution is 2.37. The Bertz CT molecular complexity index is 1440. The van der Waals surface area contributed by atoms with Gasteiger partial charge in [0, 0.05) is 31.1 Å². The summed E-state index contributed by atoms with van der Waals surface area (Å²) in [6.07, 6.45) is -0.0325. The van der Waals surface area contributed by atoms with Crippen LogP contribution >= 0.6 is 0 Å². The van der Waals surface area contributed by atoms with E-state index in [0.29, 0.717) is 18.7 Å². The highest BCUT2D eigenvalue weighted by atomic mass is 16.4. The lowest BCUT2D eigenvalue weighted by Crippen LogP contribution is -2.37. The third-order valence-electron chi connectivity index (χ3n) is 7.30. The van der Waals surface area contributed by atoms with E-state index in [9.17, 15) is 14.7 Å². The number of amides is 1. The van der Waals surface area contributed by atoms with E-state index in [1.54, 1.807) is 0 Å². The van der Waals surface area contributed by atoms with E-state index in [-0.39, 0.29) is 24.2 Å². The number of fused-ring (bicyclic) bond motifs is 2. The molecule has 0 bridgehead atoms. The average molecular weight is 483 g/mol. The fourth-order valence-electron chi connectivity index (χ4n) is 5.45. The molecule has 7 nitrogen and oxygen atoms in total. The van der Waals surface area contributed by atoms with E-state index < -0.39 is 5.97 Å². The lowest BCUT2D eigenvalue weighted by molar-refractivity contribution is -0.137. The van der Waals surface area contributed by atoms with E-state index in [1.807, 2.05) is 72.0 Å². The molecule has 5 rings (SSSR count). The van der Waals surface area contributed by atoms with Crippen LogP contribution in [-0.2, 0) is 17.9 Å². The topological polar surface area (TPSA) is 88.3 Å². The minimum Gasteiger partial charge on any atom is -0.481 e. The molecular weight excluding hydrogens is 452 g/mol. The summed E-state index contributed by atoms with van der Waals surface area (Å²) in [5.41, 5.74) is 7.53. The number of carboxylic acid groups (broad SMARTS) is 1. The molecule has 0 aliphatic carbocycles.